The number of nitrogen functional groups attached to an aromatic ring is 1. The van der Waals surface area contributed by atoms with E-state index >= 15 is 0 Å². The van der Waals surface area contributed by atoms with Crippen LogP contribution in [0.2, 0.25) is 0 Å². The van der Waals surface area contributed by atoms with Gasteiger partial charge in [-0.15, -0.1) is 45.7 Å². The number of amides is 3. The summed E-state index contributed by atoms with van der Waals surface area (Å²) in [6, 6.07) is 2.87. The van der Waals surface area contributed by atoms with Crippen LogP contribution in [0.5, 0.6) is 11.5 Å². The van der Waals surface area contributed by atoms with Crippen molar-refractivity contribution in [2.24, 2.45) is 10.3 Å². The Bertz CT molecular complexity index is 1730. The molecule has 1 fully saturated rings. The molecule has 2 aromatic heterocycles. The number of rotatable bonds is 12. The standard InChI is InChI=1S/C24H21N9O8S4.ClH/c25-23-28-12(8-43-23)16(32-41-5-15(36)30-26-4-10-1-2-13(34)14(35)3-10)19(37)29-17-20(38)33-18(22(39)40)11(6-42-21(17)33)7-44-24-31-27-9-45-24;/h1-4,8-9,17,21,34-35H,5-7H2,(H2,25,28)(H,29,37)(H,30,36)(H,39,40);1H/b26-4+,32-16-;/t17?,21-;/m1./s1. The van der Waals surface area contributed by atoms with Gasteiger partial charge in [-0.05, 0) is 29.3 Å². The number of nitrogens with zero attached hydrogens (tertiary/aromatic N) is 6. The second-order valence-corrected chi connectivity index (χ2v) is 13.0. The molecule has 2 aliphatic rings. The SMILES string of the molecule is Cl.Nc1nc(/C(=N/OCC(=O)N/N=C/c2ccc(O)c(O)c2)C(=O)NC2C(=O)N3C(C(=O)O)=C(CSc4nncs4)CS[C@H]23)cs1. The van der Waals surface area contributed by atoms with Crippen molar-refractivity contribution in [1.29, 1.82) is 0 Å². The predicted molar refractivity (Wildman–Crippen MR) is 172 cm³/mol. The lowest BCUT2D eigenvalue weighted by atomic mass is 10.0. The third-order valence-electron chi connectivity index (χ3n) is 5.98. The van der Waals surface area contributed by atoms with E-state index in [1.807, 2.05) is 0 Å². The number of benzene rings is 1. The maximum absolute atomic E-state index is 13.3. The highest BCUT2D eigenvalue weighted by molar-refractivity contribution is 8.01. The van der Waals surface area contributed by atoms with Crippen LogP contribution in [0.15, 0.2) is 55.0 Å². The first-order valence-electron chi connectivity index (χ1n) is 12.5. The molecule has 3 amide bonds. The molecule has 3 aromatic rings. The number of fused-ring (bicyclic) bond motifs is 1. The zero-order valence-electron chi connectivity index (χ0n) is 22.9. The summed E-state index contributed by atoms with van der Waals surface area (Å²) in [6.45, 7) is -0.659. The Hall–Kier alpha value is -4.44. The number of thioether (sulfide) groups is 2. The lowest BCUT2D eigenvalue weighted by molar-refractivity contribution is -0.150. The molecule has 242 valence electrons. The average Bonchev–Trinajstić information content (AvgIpc) is 3.70. The molecule has 2 aliphatic heterocycles. The fraction of sp³-hybridized carbons (Fsp3) is 0.208. The van der Waals surface area contributed by atoms with E-state index in [2.05, 4.69) is 36.2 Å². The molecule has 46 heavy (non-hydrogen) atoms. The van der Waals surface area contributed by atoms with Crippen LogP contribution >= 0.6 is 58.6 Å². The van der Waals surface area contributed by atoms with Crippen LogP contribution in [-0.4, -0.2) is 101 Å². The fourth-order valence-electron chi connectivity index (χ4n) is 3.97. The number of phenols is 2. The minimum Gasteiger partial charge on any atom is -0.504 e. The molecular weight excluding hydrogens is 706 g/mol. The van der Waals surface area contributed by atoms with Gasteiger partial charge >= 0.3 is 5.97 Å². The number of aromatic hydroxyl groups is 2. The van der Waals surface area contributed by atoms with Crippen molar-refractivity contribution in [1.82, 2.24) is 30.8 Å². The van der Waals surface area contributed by atoms with Crippen molar-refractivity contribution < 1.29 is 39.3 Å². The molecule has 0 radical (unpaired) electrons. The Balaban J connectivity index is 0.00000480. The van der Waals surface area contributed by atoms with Gasteiger partial charge < -0.3 is 31.2 Å². The van der Waals surface area contributed by atoms with Crippen LogP contribution in [0.25, 0.3) is 0 Å². The number of β-lactam (4-membered cyclic amide) rings is 1. The van der Waals surface area contributed by atoms with Gasteiger partial charge in [-0.3, -0.25) is 19.3 Å². The van der Waals surface area contributed by atoms with Crippen molar-refractivity contribution in [2.75, 3.05) is 23.8 Å². The minimum absolute atomic E-state index is 0. The van der Waals surface area contributed by atoms with Gasteiger partial charge in [0.05, 0.1) is 6.21 Å². The van der Waals surface area contributed by atoms with Crippen molar-refractivity contribution >= 4 is 99.4 Å². The average molecular weight is 728 g/mol. The van der Waals surface area contributed by atoms with Gasteiger partial charge in [-0.1, -0.05) is 28.3 Å². The largest absolute Gasteiger partial charge is 0.504 e. The van der Waals surface area contributed by atoms with E-state index in [1.54, 1.807) is 5.51 Å². The number of nitrogens with one attached hydrogen (secondary N) is 2. The molecule has 0 bridgehead atoms. The molecular formula is C24H22ClN9O8S4. The second kappa shape index (κ2) is 15.2. The summed E-state index contributed by atoms with van der Waals surface area (Å²) < 4.78 is 0.664. The topological polar surface area (TPSA) is 255 Å². The van der Waals surface area contributed by atoms with E-state index in [4.69, 9.17) is 10.6 Å². The van der Waals surface area contributed by atoms with Crippen molar-refractivity contribution in [2.45, 2.75) is 15.8 Å². The fourth-order valence-corrected chi connectivity index (χ4v) is 7.49. The van der Waals surface area contributed by atoms with Crippen LogP contribution in [0, 0.1) is 0 Å². The lowest BCUT2D eigenvalue weighted by Gasteiger charge is -2.49. The van der Waals surface area contributed by atoms with E-state index in [1.165, 1.54) is 64.7 Å². The van der Waals surface area contributed by atoms with Gasteiger partial charge in [0.1, 0.15) is 28.3 Å². The van der Waals surface area contributed by atoms with Crippen LogP contribution in [0.4, 0.5) is 5.13 Å². The number of phenolic OH excluding ortho intramolecular Hbond substituents is 2. The minimum atomic E-state index is -1.26. The van der Waals surface area contributed by atoms with E-state index in [-0.39, 0.29) is 46.1 Å². The number of aliphatic carboxylic acids is 1. The molecule has 0 aliphatic carbocycles. The maximum Gasteiger partial charge on any atom is 0.352 e. The summed E-state index contributed by atoms with van der Waals surface area (Å²) in [7, 11) is 0. The van der Waals surface area contributed by atoms with Gasteiger partial charge in [-0.2, -0.15) is 5.10 Å². The molecule has 2 atom stereocenters. The Labute approximate surface area is 281 Å². The summed E-state index contributed by atoms with van der Waals surface area (Å²) in [4.78, 5) is 60.9. The number of carboxylic acid groups (broad SMARTS) is 1. The van der Waals surface area contributed by atoms with E-state index in [0.717, 1.165) is 16.2 Å². The monoisotopic (exact) mass is 727 g/mol. The number of thiazole rings is 1. The highest BCUT2D eigenvalue weighted by Gasteiger charge is 2.54. The summed E-state index contributed by atoms with van der Waals surface area (Å²) in [5.74, 6) is -3.54. The smallest absolute Gasteiger partial charge is 0.352 e. The maximum atomic E-state index is 13.3. The van der Waals surface area contributed by atoms with Gasteiger partial charge in [-0.25, -0.2) is 15.2 Å². The Morgan fingerprint density at radius 3 is 2.72 bits per heavy atom. The molecule has 1 aromatic carbocycles. The quantitative estimate of drug-likeness (QED) is 0.0497. The Morgan fingerprint density at radius 1 is 1.24 bits per heavy atom. The number of oxime groups is 1. The number of halogens is 1. The van der Waals surface area contributed by atoms with Crippen LogP contribution in [0.1, 0.15) is 11.3 Å². The molecule has 1 saturated heterocycles. The number of carbonyl (C=O) groups excluding carboxylic acids is 3. The van der Waals surface area contributed by atoms with Crippen molar-refractivity contribution in [3.05, 3.63) is 51.6 Å². The number of carbonyl (C=O) groups is 4. The summed E-state index contributed by atoms with van der Waals surface area (Å²) in [5.41, 5.74) is 9.91. The lowest BCUT2D eigenvalue weighted by Crippen LogP contribution is -2.71. The zero-order valence-corrected chi connectivity index (χ0v) is 27.0. The normalized spacial score (nSPS) is 17.6. The number of hydrazone groups is 1. The van der Waals surface area contributed by atoms with Gasteiger partial charge in [0, 0.05) is 16.9 Å². The van der Waals surface area contributed by atoms with E-state index < -0.39 is 41.7 Å². The Morgan fingerprint density at radius 2 is 2.04 bits per heavy atom. The first-order valence-corrected chi connectivity index (χ1v) is 16.3. The number of carboxylic acids is 1. The number of hydrogen-bond acceptors (Lipinski definition) is 17. The second-order valence-electron chi connectivity index (χ2n) is 8.94. The number of aromatic nitrogens is 3. The van der Waals surface area contributed by atoms with E-state index in [9.17, 15) is 34.5 Å². The molecule has 1 unspecified atom stereocenters. The Kier molecular flexibility index (Phi) is 11.4. The predicted octanol–water partition coefficient (Wildman–Crippen LogP) is 0.812. The summed E-state index contributed by atoms with van der Waals surface area (Å²) in [6.07, 6.45) is 1.21. The molecule has 5 rings (SSSR count). The van der Waals surface area contributed by atoms with E-state index in [0.29, 0.717) is 27.0 Å². The summed E-state index contributed by atoms with van der Waals surface area (Å²) in [5, 5.41) is 47.4. The third kappa shape index (κ3) is 7.85. The first-order chi connectivity index (χ1) is 21.6. The first kappa shape index (κ1) is 34.4. The van der Waals surface area contributed by atoms with Crippen molar-refractivity contribution in [3.8, 4) is 11.5 Å². The molecule has 0 saturated carbocycles. The molecule has 4 heterocycles. The van der Waals surface area contributed by atoms with Gasteiger partial charge in [0.25, 0.3) is 17.7 Å². The molecule has 17 nitrogen and oxygen atoms in total. The number of hydrogen-bond donors (Lipinski definition) is 6. The van der Waals surface area contributed by atoms with Gasteiger partial charge in [0.15, 0.2) is 33.3 Å². The third-order valence-corrected chi connectivity index (χ3v) is 9.94. The van der Waals surface area contributed by atoms with Gasteiger partial charge in [0.2, 0.25) is 0 Å². The van der Waals surface area contributed by atoms with Crippen LogP contribution < -0.4 is 16.5 Å². The number of anilines is 1. The molecule has 7 N–H and O–H groups in total. The van der Waals surface area contributed by atoms with Crippen LogP contribution in [0.3, 0.4) is 0 Å². The zero-order chi connectivity index (χ0) is 32.1. The van der Waals surface area contributed by atoms with Crippen molar-refractivity contribution in [3.63, 3.8) is 0 Å². The number of nitrogens with two attached hydrogens (primary N) is 1. The highest BCUT2D eigenvalue weighted by atomic mass is 35.5. The summed E-state index contributed by atoms with van der Waals surface area (Å²) >= 11 is 4.96. The molecule has 0 spiro atoms. The highest BCUT2D eigenvalue weighted by Crippen LogP contribution is 2.41. The van der Waals surface area contributed by atoms with Crippen LogP contribution in [-0.2, 0) is 24.0 Å². The molecule has 22 heteroatoms.